The van der Waals surface area contributed by atoms with Gasteiger partial charge in [-0.15, -0.1) is 0 Å². The van der Waals surface area contributed by atoms with Crippen LogP contribution in [0.1, 0.15) is 52.7 Å². The van der Waals surface area contributed by atoms with Crippen LogP contribution in [-0.2, 0) is 14.7 Å². The van der Waals surface area contributed by atoms with E-state index < -0.39 is 0 Å². The second-order valence-corrected chi connectivity index (χ2v) is 12.9. The second kappa shape index (κ2) is 9.07. The first-order valence-electron chi connectivity index (χ1n) is 14.5. The van der Waals surface area contributed by atoms with Gasteiger partial charge in [0.25, 0.3) is 0 Å². The van der Waals surface area contributed by atoms with Crippen LogP contribution >= 0.6 is 0 Å². The molecule has 204 valence electrons. The van der Waals surface area contributed by atoms with Crippen molar-refractivity contribution in [2.24, 2.45) is 0 Å². The molecular formula is C37H36BNO2. The topological polar surface area (TPSA) is 21.7 Å². The summed E-state index contributed by atoms with van der Waals surface area (Å²) in [6, 6.07) is 39.6. The Bertz CT molecular complexity index is 1770. The van der Waals surface area contributed by atoms with E-state index in [4.69, 9.17) is 9.31 Å². The highest BCUT2D eigenvalue weighted by atomic mass is 16.7. The number of fused-ring (bicyclic) bond motifs is 4. The summed E-state index contributed by atoms with van der Waals surface area (Å²) in [5.41, 5.74) is 8.97. The number of hydrogen-bond acceptors (Lipinski definition) is 3. The third-order valence-electron chi connectivity index (χ3n) is 9.49. The lowest BCUT2D eigenvalue weighted by molar-refractivity contribution is 0.00578. The van der Waals surface area contributed by atoms with Crippen molar-refractivity contribution in [1.29, 1.82) is 0 Å². The lowest BCUT2D eigenvalue weighted by Crippen LogP contribution is -2.41. The Labute approximate surface area is 243 Å². The molecule has 0 spiro atoms. The quantitative estimate of drug-likeness (QED) is 0.214. The molecule has 0 bridgehead atoms. The molecule has 41 heavy (non-hydrogen) atoms. The summed E-state index contributed by atoms with van der Waals surface area (Å²) in [7, 11) is -0.387. The highest BCUT2D eigenvalue weighted by Gasteiger charge is 2.51. The molecule has 0 amide bonds. The first kappa shape index (κ1) is 26.1. The molecule has 1 aliphatic heterocycles. The first-order valence-corrected chi connectivity index (χ1v) is 14.5. The Kier molecular flexibility index (Phi) is 5.77. The summed E-state index contributed by atoms with van der Waals surface area (Å²) in [5.74, 6) is 0. The van der Waals surface area contributed by atoms with Gasteiger partial charge in [0.15, 0.2) is 0 Å². The smallest absolute Gasteiger partial charge is 0.399 e. The number of nitrogens with zero attached hydrogens (tertiary/aromatic N) is 1. The molecule has 0 radical (unpaired) electrons. The van der Waals surface area contributed by atoms with Gasteiger partial charge in [-0.25, -0.2) is 0 Å². The van der Waals surface area contributed by atoms with E-state index in [0.717, 1.165) is 22.5 Å². The zero-order chi connectivity index (χ0) is 28.6. The van der Waals surface area contributed by atoms with Crippen LogP contribution in [0.3, 0.4) is 0 Å². The van der Waals surface area contributed by atoms with Crippen LogP contribution in [-0.4, -0.2) is 18.3 Å². The van der Waals surface area contributed by atoms with Gasteiger partial charge in [-0.05, 0) is 103 Å². The minimum absolute atomic E-state index is 0.0718. The summed E-state index contributed by atoms with van der Waals surface area (Å²) in [6.45, 7) is 13.0. The summed E-state index contributed by atoms with van der Waals surface area (Å²) in [6.07, 6.45) is 0. The van der Waals surface area contributed by atoms with Gasteiger partial charge in [-0.1, -0.05) is 86.6 Å². The fourth-order valence-electron chi connectivity index (χ4n) is 6.35. The Morgan fingerprint density at radius 3 is 1.80 bits per heavy atom. The largest absolute Gasteiger partial charge is 0.494 e. The van der Waals surface area contributed by atoms with Crippen molar-refractivity contribution in [2.45, 2.75) is 58.2 Å². The monoisotopic (exact) mass is 537 g/mol. The lowest BCUT2D eigenvalue weighted by Gasteiger charge is -2.32. The van der Waals surface area contributed by atoms with E-state index in [1.165, 1.54) is 33.0 Å². The Hall–Kier alpha value is -3.86. The van der Waals surface area contributed by atoms with E-state index in [1.54, 1.807) is 0 Å². The number of anilines is 3. The van der Waals surface area contributed by atoms with E-state index in [1.807, 2.05) is 0 Å². The molecule has 1 saturated heterocycles. The fraction of sp³-hybridized carbons (Fsp3) is 0.243. The first-order chi connectivity index (χ1) is 19.5. The maximum Gasteiger partial charge on any atom is 0.494 e. The van der Waals surface area contributed by atoms with Crippen LogP contribution in [0.2, 0.25) is 0 Å². The summed E-state index contributed by atoms with van der Waals surface area (Å²) < 4.78 is 12.7. The Morgan fingerprint density at radius 1 is 0.512 bits per heavy atom. The maximum atomic E-state index is 6.34. The highest BCUT2D eigenvalue weighted by Crippen LogP contribution is 2.50. The molecule has 1 fully saturated rings. The minimum Gasteiger partial charge on any atom is -0.399 e. The van der Waals surface area contributed by atoms with Crippen LogP contribution in [0.25, 0.3) is 21.9 Å². The minimum atomic E-state index is -0.387. The maximum absolute atomic E-state index is 6.34. The molecule has 5 aromatic rings. The van der Waals surface area contributed by atoms with Crippen LogP contribution in [0.5, 0.6) is 0 Å². The van der Waals surface area contributed by atoms with Crippen molar-refractivity contribution in [2.75, 3.05) is 4.90 Å². The molecule has 5 aromatic carbocycles. The number of benzene rings is 5. The zero-order valence-corrected chi connectivity index (χ0v) is 24.7. The average molecular weight is 538 g/mol. The van der Waals surface area contributed by atoms with Crippen LogP contribution in [0.15, 0.2) is 109 Å². The van der Waals surface area contributed by atoms with E-state index in [-0.39, 0.29) is 23.7 Å². The van der Waals surface area contributed by atoms with Gasteiger partial charge < -0.3 is 14.2 Å². The van der Waals surface area contributed by atoms with Gasteiger partial charge >= 0.3 is 7.12 Å². The Balaban J connectivity index is 1.33. The van der Waals surface area contributed by atoms with Gasteiger partial charge in [-0.2, -0.15) is 0 Å². The van der Waals surface area contributed by atoms with Gasteiger partial charge in [0.1, 0.15) is 0 Å². The van der Waals surface area contributed by atoms with E-state index in [0.29, 0.717) is 0 Å². The van der Waals surface area contributed by atoms with E-state index in [9.17, 15) is 0 Å². The summed E-state index contributed by atoms with van der Waals surface area (Å²) in [5, 5.41) is 2.45. The lowest BCUT2D eigenvalue weighted by atomic mass is 9.79. The molecule has 0 unspecified atom stereocenters. The molecule has 0 aromatic heterocycles. The molecule has 7 rings (SSSR count). The average Bonchev–Trinajstić information content (AvgIpc) is 3.33. The van der Waals surface area contributed by atoms with Crippen LogP contribution < -0.4 is 10.4 Å². The zero-order valence-electron chi connectivity index (χ0n) is 24.7. The molecule has 1 aliphatic carbocycles. The molecule has 0 atom stereocenters. The van der Waals surface area contributed by atoms with Crippen molar-refractivity contribution >= 4 is 40.4 Å². The third-order valence-corrected chi connectivity index (χ3v) is 9.49. The molecular weight excluding hydrogens is 501 g/mol. The van der Waals surface area contributed by atoms with Gasteiger partial charge in [-0.3, -0.25) is 0 Å². The van der Waals surface area contributed by atoms with Crippen LogP contribution in [0.4, 0.5) is 17.1 Å². The van der Waals surface area contributed by atoms with Crippen LogP contribution in [0, 0.1) is 0 Å². The molecule has 0 saturated carbocycles. The Morgan fingerprint density at radius 2 is 1.07 bits per heavy atom. The van der Waals surface area contributed by atoms with Crippen molar-refractivity contribution in [1.82, 2.24) is 0 Å². The van der Waals surface area contributed by atoms with E-state index >= 15 is 0 Å². The normalized spacial score (nSPS) is 17.9. The van der Waals surface area contributed by atoms with Gasteiger partial charge in [0.2, 0.25) is 0 Å². The fourth-order valence-corrected chi connectivity index (χ4v) is 6.35. The van der Waals surface area contributed by atoms with E-state index in [2.05, 4.69) is 156 Å². The predicted octanol–water partition coefficient (Wildman–Crippen LogP) is 8.92. The predicted molar refractivity (Wildman–Crippen MR) is 172 cm³/mol. The van der Waals surface area contributed by atoms with Gasteiger partial charge in [0, 0.05) is 22.5 Å². The van der Waals surface area contributed by atoms with Crippen molar-refractivity contribution in [3.8, 4) is 11.1 Å². The number of hydrogen-bond donors (Lipinski definition) is 0. The molecule has 1 heterocycles. The standard InChI is InChI=1S/C37H36BNO2/c1-35(2)33-14-10-9-13-31(33)32-22-21-30(24-34(32)35)39(29-18-15-25-11-7-8-12-26(25)23-29)28-19-16-27(17-20-28)38-40-36(3,4)37(5,6)41-38/h7-24H,1-6H3. The van der Waals surface area contributed by atoms with Crippen molar-refractivity contribution in [3.63, 3.8) is 0 Å². The second-order valence-electron chi connectivity index (χ2n) is 12.9. The highest BCUT2D eigenvalue weighted by molar-refractivity contribution is 6.62. The molecule has 2 aliphatic rings. The van der Waals surface area contributed by atoms with Crippen molar-refractivity contribution < 1.29 is 9.31 Å². The summed E-state index contributed by atoms with van der Waals surface area (Å²) >= 11 is 0. The molecule has 0 N–H and O–H groups in total. The van der Waals surface area contributed by atoms with Crippen molar-refractivity contribution in [3.05, 3.63) is 120 Å². The molecule has 4 heteroatoms. The number of rotatable bonds is 4. The van der Waals surface area contributed by atoms with Gasteiger partial charge in [0.05, 0.1) is 11.2 Å². The molecule has 3 nitrogen and oxygen atoms in total. The SMILES string of the molecule is CC1(C)c2ccccc2-c2ccc(N(c3ccc(B4OC(C)(C)C(C)(C)O4)cc3)c3ccc4ccccc4c3)cc21. The third kappa shape index (κ3) is 4.12. The summed E-state index contributed by atoms with van der Waals surface area (Å²) in [4.78, 5) is 2.36.